The summed E-state index contributed by atoms with van der Waals surface area (Å²) in [4.78, 5) is 24.6. The lowest BCUT2D eigenvalue weighted by Gasteiger charge is -2.62. The Bertz CT molecular complexity index is 1320. The van der Waals surface area contributed by atoms with Crippen LogP contribution in [0.5, 0.6) is 0 Å². The Labute approximate surface area is 217 Å². The van der Waals surface area contributed by atoms with Gasteiger partial charge >= 0.3 is 0 Å². The van der Waals surface area contributed by atoms with Gasteiger partial charge in [-0.15, -0.1) is 0 Å². The number of aliphatic hydroxyl groups excluding tert-OH is 1. The number of halogens is 3. The molecule has 0 radical (unpaired) electrons. The average molecular weight is 557 g/mol. The second kappa shape index (κ2) is 10.3. The maximum atomic E-state index is 13.6. The number of carbonyl (C=O) groups is 2. The molecule has 5 rings (SSSR count). The lowest BCUT2D eigenvalue weighted by atomic mass is 9.47. The predicted molar refractivity (Wildman–Crippen MR) is 132 cm³/mol. The first-order valence-corrected chi connectivity index (χ1v) is 13.7. The molecule has 2 aromatic rings. The molecule has 0 aromatic heterocycles. The third-order valence-electron chi connectivity index (χ3n) is 7.58. The molecule has 3 saturated carbocycles. The number of hydrogen-bond donors (Lipinski definition) is 4. The van der Waals surface area contributed by atoms with E-state index in [2.05, 4.69) is 10.6 Å². The van der Waals surface area contributed by atoms with Crippen LogP contribution in [0, 0.1) is 29.4 Å². The van der Waals surface area contributed by atoms with Crippen LogP contribution in [0.2, 0.25) is 5.02 Å². The molecule has 0 spiro atoms. The number of anilines is 1. The van der Waals surface area contributed by atoms with Crippen molar-refractivity contribution in [2.45, 2.75) is 41.9 Å². The fourth-order valence-corrected chi connectivity index (χ4v) is 8.05. The summed E-state index contributed by atoms with van der Waals surface area (Å²) in [5.41, 5.74) is -1.38. The van der Waals surface area contributed by atoms with Gasteiger partial charge in [-0.2, -0.15) is 0 Å². The highest BCUT2D eigenvalue weighted by Crippen LogP contribution is 2.60. The number of amides is 2. The number of aliphatic hydroxyl groups is 2. The quantitative estimate of drug-likeness (QED) is 0.395. The number of fused-ring (bicyclic) bond motifs is 2. The molecule has 2 aromatic carbocycles. The summed E-state index contributed by atoms with van der Waals surface area (Å²) in [5, 5.41) is 24.0. The van der Waals surface area contributed by atoms with Gasteiger partial charge in [-0.1, -0.05) is 18.5 Å². The van der Waals surface area contributed by atoms with Gasteiger partial charge in [0.15, 0.2) is 21.5 Å². The van der Waals surface area contributed by atoms with Crippen LogP contribution in [0.25, 0.3) is 0 Å². The fourth-order valence-electron chi connectivity index (χ4n) is 5.70. The Morgan fingerprint density at radius 3 is 2.41 bits per heavy atom. The highest BCUT2D eigenvalue weighted by molar-refractivity contribution is 7.92. The zero-order chi connectivity index (χ0) is 27.1. The maximum absolute atomic E-state index is 13.6. The first-order valence-electron chi connectivity index (χ1n) is 11.8. The van der Waals surface area contributed by atoms with Crippen LogP contribution < -0.4 is 10.6 Å². The van der Waals surface area contributed by atoms with Crippen LogP contribution in [0.1, 0.15) is 36.5 Å². The van der Waals surface area contributed by atoms with Gasteiger partial charge in [0.2, 0.25) is 5.91 Å². The van der Waals surface area contributed by atoms with E-state index in [1.807, 2.05) is 6.92 Å². The van der Waals surface area contributed by atoms with Gasteiger partial charge in [0.05, 0.1) is 33.8 Å². The monoisotopic (exact) mass is 556 g/mol. The largest absolute Gasteiger partial charge is 0.395 e. The molecule has 12 heteroatoms. The summed E-state index contributed by atoms with van der Waals surface area (Å²) in [6.07, 6.45) is 0.0522. The number of hydrogen-bond acceptors (Lipinski definition) is 6. The second-order valence-corrected chi connectivity index (χ2v) is 12.3. The van der Waals surface area contributed by atoms with Crippen LogP contribution in [0.4, 0.5) is 14.5 Å². The van der Waals surface area contributed by atoms with Crippen molar-refractivity contribution in [1.82, 2.24) is 5.32 Å². The van der Waals surface area contributed by atoms with Crippen molar-refractivity contribution in [2.75, 3.05) is 18.5 Å². The molecule has 2 atom stereocenters. The molecule has 0 heterocycles. The highest BCUT2D eigenvalue weighted by Gasteiger charge is 2.64. The predicted octanol–water partition coefficient (Wildman–Crippen LogP) is 2.92. The van der Waals surface area contributed by atoms with Crippen LogP contribution in [-0.2, 0) is 14.6 Å². The van der Waals surface area contributed by atoms with E-state index in [1.54, 1.807) is 0 Å². The molecule has 4 N–H and O–H groups in total. The van der Waals surface area contributed by atoms with Gasteiger partial charge in [0.25, 0.3) is 5.91 Å². The minimum absolute atomic E-state index is 0.00748. The molecule has 3 aliphatic rings. The van der Waals surface area contributed by atoms with Crippen molar-refractivity contribution in [2.24, 2.45) is 17.8 Å². The molecule has 3 fully saturated rings. The van der Waals surface area contributed by atoms with Crippen molar-refractivity contribution in [1.29, 1.82) is 0 Å². The van der Waals surface area contributed by atoms with E-state index in [0.717, 1.165) is 18.2 Å². The van der Waals surface area contributed by atoms with Crippen LogP contribution >= 0.6 is 11.6 Å². The van der Waals surface area contributed by atoms with E-state index in [9.17, 15) is 31.9 Å². The molecule has 2 unspecified atom stereocenters. The number of sulfone groups is 1. The molecule has 2 bridgehead atoms. The first kappa shape index (κ1) is 27.4. The van der Waals surface area contributed by atoms with E-state index in [-0.39, 0.29) is 59.5 Å². The molecule has 3 aliphatic carbocycles. The smallest absolute Gasteiger partial charge is 0.255 e. The van der Waals surface area contributed by atoms with Gasteiger partial charge in [-0.25, -0.2) is 17.2 Å². The Balaban J connectivity index is 1.52. The summed E-state index contributed by atoms with van der Waals surface area (Å²) in [7, 11) is -4.02. The Morgan fingerprint density at radius 1 is 1.11 bits per heavy atom. The highest BCUT2D eigenvalue weighted by atomic mass is 35.5. The summed E-state index contributed by atoms with van der Waals surface area (Å²) >= 11 is 6.23. The van der Waals surface area contributed by atoms with E-state index >= 15 is 0 Å². The number of nitrogens with one attached hydrogen (secondary N) is 2. The van der Waals surface area contributed by atoms with E-state index < -0.39 is 56.0 Å². The molecule has 200 valence electrons. The summed E-state index contributed by atoms with van der Waals surface area (Å²) < 4.78 is 53.8. The van der Waals surface area contributed by atoms with Gasteiger partial charge in [-0.3, -0.25) is 9.59 Å². The van der Waals surface area contributed by atoms with Gasteiger partial charge in [-0.05, 0) is 60.9 Å². The van der Waals surface area contributed by atoms with Gasteiger partial charge < -0.3 is 20.8 Å². The number of carbonyl (C=O) groups excluding carboxylic acids is 2. The van der Waals surface area contributed by atoms with Crippen molar-refractivity contribution in [3.63, 3.8) is 0 Å². The normalized spacial score (nSPS) is 26.8. The maximum Gasteiger partial charge on any atom is 0.255 e. The van der Waals surface area contributed by atoms with E-state index in [0.29, 0.717) is 0 Å². The van der Waals surface area contributed by atoms with Crippen LogP contribution in [0.3, 0.4) is 0 Å². The Hall–Kier alpha value is -2.60. The van der Waals surface area contributed by atoms with Gasteiger partial charge in [0.1, 0.15) is 0 Å². The first-order chi connectivity index (χ1) is 17.4. The standard InChI is InChI=1S/C25H27ClF2N2O6S/c1-13-17-10-16(11-18(13)25(17,34)12-23(32)29-6-7-31)37(35,36)22-8-14(2-4-19(22)26)24(33)30-15-3-5-20(27)21(28)9-15/h2-5,8-9,13,16-18,31,34H,6-7,10-12H2,1H3,(H,29,32)(H,30,33). The van der Waals surface area contributed by atoms with Gasteiger partial charge in [0, 0.05) is 23.9 Å². The molecule has 0 aliphatic heterocycles. The molecule has 8 nitrogen and oxygen atoms in total. The lowest BCUT2D eigenvalue weighted by Crippen LogP contribution is -2.68. The van der Waals surface area contributed by atoms with Crippen molar-refractivity contribution < 1.29 is 37.0 Å². The van der Waals surface area contributed by atoms with Crippen LogP contribution in [0.15, 0.2) is 41.3 Å². The third kappa shape index (κ3) is 5.09. The van der Waals surface area contributed by atoms with E-state index in [1.165, 1.54) is 18.2 Å². The minimum Gasteiger partial charge on any atom is -0.395 e. The van der Waals surface area contributed by atoms with Crippen LogP contribution in [-0.4, -0.2) is 54.4 Å². The van der Waals surface area contributed by atoms with Crippen molar-refractivity contribution >= 4 is 38.9 Å². The molecule has 0 saturated heterocycles. The third-order valence-corrected chi connectivity index (χ3v) is 10.2. The fraction of sp³-hybridized carbons (Fsp3) is 0.440. The number of rotatable bonds is 8. The molecular weight excluding hydrogens is 530 g/mol. The summed E-state index contributed by atoms with van der Waals surface area (Å²) in [6, 6.07) is 6.58. The summed E-state index contributed by atoms with van der Waals surface area (Å²) in [5.74, 6) is -4.20. The second-order valence-electron chi connectivity index (χ2n) is 9.68. The Kier molecular flexibility index (Phi) is 7.62. The topological polar surface area (TPSA) is 133 Å². The summed E-state index contributed by atoms with van der Waals surface area (Å²) in [6.45, 7) is 1.75. The average Bonchev–Trinajstić information content (AvgIpc) is 2.85. The zero-order valence-corrected chi connectivity index (χ0v) is 21.5. The Morgan fingerprint density at radius 2 is 1.78 bits per heavy atom. The lowest BCUT2D eigenvalue weighted by molar-refractivity contribution is -0.219. The number of benzene rings is 2. The molecule has 2 amide bonds. The molecule has 37 heavy (non-hydrogen) atoms. The van der Waals surface area contributed by atoms with E-state index in [4.69, 9.17) is 16.7 Å². The van der Waals surface area contributed by atoms with Crippen molar-refractivity contribution in [3.05, 3.63) is 58.6 Å². The SMILES string of the molecule is CC1C2CC(S(=O)(=O)c3cc(C(=O)Nc4ccc(F)c(F)c4)ccc3Cl)CC1C2(O)CC(=O)NCCO. The van der Waals surface area contributed by atoms with Crippen molar-refractivity contribution in [3.8, 4) is 0 Å². The molecular formula is C25H27ClF2N2O6S. The minimum atomic E-state index is -4.02. The zero-order valence-electron chi connectivity index (χ0n) is 19.9.